The summed E-state index contributed by atoms with van der Waals surface area (Å²) >= 11 is 1.04. The summed E-state index contributed by atoms with van der Waals surface area (Å²) in [7, 11) is 1.70. The predicted octanol–water partition coefficient (Wildman–Crippen LogP) is 2.11. The summed E-state index contributed by atoms with van der Waals surface area (Å²) in [5.74, 6) is -0.673. The second-order valence-corrected chi connectivity index (χ2v) is 4.73. The van der Waals surface area contributed by atoms with Crippen LogP contribution in [0.25, 0.3) is 0 Å². The van der Waals surface area contributed by atoms with Gasteiger partial charge in [0.05, 0.1) is 34.4 Å². The van der Waals surface area contributed by atoms with E-state index in [1.165, 1.54) is 18.3 Å². The number of nitro benzene ring substituents is 1. The molecule has 6 nitrogen and oxygen atoms in total. The predicted molar refractivity (Wildman–Crippen MR) is 66.3 cm³/mol. The summed E-state index contributed by atoms with van der Waals surface area (Å²) in [5, 5.41) is 20.0. The number of imidazole rings is 1. The number of nitro groups is 1. The molecular weight excluding hydrogens is 273 g/mol. The van der Waals surface area contributed by atoms with E-state index in [1.807, 2.05) is 0 Å². The molecule has 1 N–H and O–H groups in total. The fraction of sp³-hybridized carbons (Fsp3) is 0.182. The molecule has 0 aliphatic carbocycles. The van der Waals surface area contributed by atoms with Gasteiger partial charge in [0.25, 0.3) is 5.69 Å². The maximum Gasteiger partial charge on any atom is 0.272 e. The van der Waals surface area contributed by atoms with Crippen molar-refractivity contribution in [3.05, 3.63) is 46.0 Å². The van der Waals surface area contributed by atoms with Gasteiger partial charge in [-0.3, -0.25) is 10.1 Å². The first kappa shape index (κ1) is 13.5. The van der Waals surface area contributed by atoms with Crippen molar-refractivity contribution in [1.29, 1.82) is 0 Å². The van der Waals surface area contributed by atoms with Crippen LogP contribution < -0.4 is 0 Å². The molecule has 0 unspecified atom stereocenters. The smallest absolute Gasteiger partial charge is 0.272 e. The van der Waals surface area contributed by atoms with Gasteiger partial charge in [-0.2, -0.15) is 0 Å². The largest absolute Gasteiger partial charge is 0.390 e. The van der Waals surface area contributed by atoms with Gasteiger partial charge in [0.15, 0.2) is 5.16 Å². The van der Waals surface area contributed by atoms with Gasteiger partial charge in [-0.25, -0.2) is 9.37 Å². The zero-order valence-corrected chi connectivity index (χ0v) is 10.7. The van der Waals surface area contributed by atoms with E-state index in [-0.39, 0.29) is 17.2 Å². The monoisotopic (exact) mass is 283 g/mol. The van der Waals surface area contributed by atoms with Crippen molar-refractivity contribution in [1.82, 2.24) is 9.55 Å². The SMILES string of the molecule is Cn1c(CO)cnc1Sc1ccc([N+](=O)[O-])cc1F. The lowest BCUT2D eigenvalue weighted by Gasteiger charge is -2.04. The highest BCUT2D eigenvalue weighted by Crippen LogP contribution is 2.30. The van der Waals surface area contributed by atoms with Gasteiger partial charge < -0.3 is 9.67 Å². The molecule has 8 heteroatoms. The van der Waals surface area contributed by atoms with Gasteiger partial charge in [-0.15, -0.1) is 0 Å². The minimum Gasteiger partial charge on any atom is -0.390 e. The molecule has 2 aromatic rings. The lowest BCUT2D eigenvalue weighted by atomic mass is 10.3. The number of non-ortho nitro benzene ring substituents is 1. The molecule has 0 saturated heterocycles. The number of benzene rings is 1. The Labute approximate surface area is 112 Å². The summed E-state index contributed by atoms with van der Waals surface area (Å²) in [6.45, 7) is -0.160. The van der Waals surface area contributed by atoms with Crippen molar-refractivity contribution >= 4 is 17.4 Å². The number of aromatic nitrogens is 2. The topological polar surface area (TPSA) is 81.2 Å². The zero-order chi connectivity index (χ0) is 14.0. The van der Waals surface area contributed by atoms with Gasteiger partial charge in [0.1, 0.15) is 5.82 Å². The van der Waals surface area contributed by atoms with Crippen molar-refractivity contribution in [3.8, 4) is 0 Å². The highest BCUT2D eigenvalue weighted by molar-refractivity contribution is 7.99. The van der Waals surface area contributed by atoms with E-state index in [9.17, 15) is 14.5 Å². The first-order chi connectivity index (χ1) is 9.02. The molecule has 0 spiro atoms. The van der Waals surface area contributed by atoms with Gasteiger partial charge in [0.2, 0.25) is 0 Å². The average molecular weight is 283 g/mol. The van der Waals surface area contributed by atoms with Crippen LogP contribution in [0, 0.1) is 15.9 Å². The van der Waals surface area contributed by atoms with Crippen LogP contribution in [0.1, 0.15) is 5.69 Å². The molecule has 19 heavy (non-hydrogen) atoms. The molecule has 1 aromatic heterocycles. The van der Waals surface area contributed by atoms with Crippen LogP contribution in [-0.2, 0) is 13.7 Å². The van der Waals surface area contributed by atoms with Crippen molar-refractivity contribution in [2.24, 2.45) is 7.05 Å². The summed E-state index contributed by atoms with van der Waals surface area (Å²) < 4.78 is 15.3. The summed E-state index contributed by atoms with van der Waals surface area (Å²) in [4.78, 5) is 14.1. The Hall–Kier alpha value is -1.93. The number of hydrogen-bond acceptors (Lipinski definition) is 5. The van der Waals surface area contributed by atoms with Crippen molar-refractivity contribution in [2.75, 3.05) is 0 Å². The summed E-state index contributed by atoms with van der Waals surface area (Å²) in [5.41, 5.74) is 0.308. The standard InChI is InChI=1S/C11H10FN3O3S/c1-14-8(6-16)5-13-11(14)19-10-3-2-7(15(17)18)4-9(10)12/h2-5,16H,6H2,1H3. The maximum atomic E-state index is 13.7. The van der Waals surface area contributed by atoms with Crippen molar-refractivity contribution in [2.45, 2.75) is 16.7 Å². The van der Waals surface area contributed by atoms with Gasteiger partial charge in [0, 0.05) is 13.1 Å². The third-order valence-electron chi connectivity index (χ3n) is 2.53. The van der Waals surface area contributed by atoms with Crippen LogP contribution in [0.4, 0.5) is 10.1 Å². The highest BCUT2D eigenvalue weighted by atomic mass is 32.2. The minimum atomic E-state index is -0.673. The molecule has 1 heterocycles. The number of aliphatic hydroxyl groups excluding tert-OH is 1. The van der Waals surface area contributed by atoms with E-state index >= 15 is 0 Å². The maximum absolute atomic E-state index is 13.7. The second-order valence-electron chi connectivity index (χ2n) is 3.72. The zero-order valence-electron chi connectivity index (χ0n) is 9.91. The van der Waals surface area contributed by atoms with Crippen LogP contribution in [0.2, 0.25) is 0 Å². The molecule has 0 amide bonds. The van der Waals surface area contributed by atoms with Gasteiger partial charge >= 0.3 is 0 Å². The fourth-order valence-electron chi connectivity index (χ4n) is 1.45. The van der Waals surface area contributed by atoms with E-state index in [0.717, 1.165) is 17.8 Å². The Morgan fingerprint density at radius 2 is 2.32 bits per heavy atom. The Morgan fingerprint density at radius 3 is 2.84 bits per heavy atom. The van der Waals surface area contributed by atoms with E-state index < -0.39 is 10.7 Å². The van der Waals surface area contributed by atoms with Crippen LogP contribution in [0.5, 0.6) is 0 Å². The van der Waals surface area contributed by atoms with Crippen LogP contribution >= 0.6 is 11.8 Å². The number of rotatable bonds is 4. The van der Waals surface area contributed by atoms with E-state index in [1.54, 1.807) is 11.6 Å². The average Bonchev–Trinajstić information content (AvgIpc) is 2.72. The first-order valence-corrected chi connectivity index (χ1v) is 6.08. The highest BCUT2D eigenvalue weighted by Gasteiger charge is 2.14. The number of nitrogens with zero attached hydrogens (tertiary/aromatic N) is 3. The molecule has 100 valence electrons. The quantitative estimate of drug-likeness (QED) is 0.686. The molecule has 0 bridgehead atoms. The van der Waals surface area contributed by atoms with E-state index in [2.05, 4.69) is 4.98 Å². The van der Waals surface area contributed by atoms with E-state index in [0.29, 0.717) is 10.9 Å². The minimum absolute atomic E-state index is 0.160. The first-order valence-electron chi connectivity index (χ1n) is 5.26. The van der Waals surface area contributed by atoms with Crippen molar-refractivity contribution < 1.29 is 14.4 Å². The Balaban J connectivity index is 2.28. The Bertz CT molecular complexity index is 630. The number of hydrogen-bond donors (Lipinski definition) is 1. The number of aliphatic hydroxyl groups is 1. The molecule has 0 aliphatic heterocycles. The number of halogens is 1. The fourth-order valence-corrected chi connectivity index (χ4v) is 2.30. The lowest BCUT2D eigenvalue weighted by Crippen LogP contribution is -1.97. The molecule has 0 aliphatic rings. The lowest BCUT2D eigenvalue weighted by molar-refractivity contribution is -0.385. The van der Waals surface area contributed by atoms with Gasteiger partial charge in [-0.05, 0) is 17.8 Å². The molecule has 1 aromatic carbocycles. The summed E-state index contributed by atoms with van der Waals surface area (Å²) in [6, 6.07) is 3.45. The molecule has 0 fully saturated rings. The van der Waals surface area contributed by atoms with Crippen LogP contribution in [-0.4, -0.2) is 19.6 Å². The third-order valence-corrected chi connectivity index (χ3v) is 3.64. The second kappa shape index (κ2) is 5.37. The molecule has 0 radical (unpaired) electrons. The summed E-state index contributed by atoms with van der Waals surface area (Å²) in [6.07, 6.45) is 1.49. The molecule has 0 atom stereocenters. The van der Waals surface area contributed by atoms with Crippen molar-refractivity contribution in [3.63, 3.8) is 0 Å². The van der Waals surface area contributed by atoms with E-state index in [4.69, 9.17) is 5.11 Å². The molecular formula is C11H10FN3O3S. The van der Waals surface area contributed by atoms with Crippen LogP contribution in [0.3, 0.4) is 0 Å². The molecule has 2 rings (SSSR count). The van der Waals surface area contributed by atoms with Gasteiger partial charge in [-0.1, -0.05) is 0 Å². The normalized spacial score (nSPS) is 10.7. The van der Waals surface area contributed by atoms with Crippen LogP contribution in [0.15, 0.2) is 34.4 Å². The Kier molecular flexibility index (Phi) is 3.82. The third kappa shape index (κ3) is 2.74. The Morgan fingerprint density at radius 1 is 1.58 bits per heavy atom. The molecule has 0 saturated carbocycles.